The van der Waals surface area contributed by atoms with Crippen molar-refractivity contribution in [2.45, 2.75) is 72.1 Å². The number of aliphatic hydroxyl groups excluding tert-OH is 1. The minimum absolute atomic E-state index is 0.0679. The summed E-state index contributed by atoms with van der Waals surface area (Å²) in [6.07, 6.45) is 0.329. The molecule has 0 radical (unpaired) electrons. The fourth-order valence-corrected chi connectivity index (χ4v) is 4.45. The van der Waals surface area contributed by atoms with E-state index in [1.807, 2.05) is 13.8 Å². The molecule has 0 aliphatic carbocycles. The number of carbonyl (C=O) groups is 3. The Morgan fingerprint density at radius 1 is 0.925 bits per heavy atom. The number of nitrogens with one attached hydrogen (secondary N) is 3. The molecule has 10 heteroatoms. The number of hydrogen-bond acceptors (Lipinski definition) is 5. The van der Waals surface area contributed by atoms with Crippen LogP contribution in [0.3, 0.4) is 0 Å². The van der Waals surface area contributed by atoms with E-state index < -0.39 is 35.7 Å². The van der Waals surface area contributed by atoms with Gasteiger partial charge >= 0.3 is 0 Å². The molecule has 0 aliphatic rings. The summed E-state index contributed by atoms with van der Waals surface area (Å²) >= 11 is 0. The summed E-state index contributed by atoms with van der Waals surface area (Å²) in [6.45, 7) is 10.8. The minimum Gasteiger partial charge on any atom is -0.390 e. The van der Waals surface area contributed by atoms with Crippen molar-refractivity contribution in [2.75, 3.05) is 26.2 Å². The molecule has 40 heavy (non-hydrogen) atoms. The van der Waals surface area contributed by atoms with E-state index in [0.717, 1.165) is 31.0 Å². The van der Waals surface area contributed by atoms with Gasteiger partial charge in [0.2, 0.25) is 5.91 Å². The van der Waals surface area contributed by atoms with E-state index in [0.29, 0.717) is 30.8 Å². The molecule has 0 aromatic heterocycles. The van der Waals surface area contributed by atoms with E-state index in [1.54, 1.807) is 37.8 Å². The molecule has 2 rings (SSSR count). The zero-order chi connectivity index (χ0) is 29.8. The van der Waals surface area contributed by atoms with Crippen LogP contribution in [0.1, 0.15) is 72.4 Å². The SMILES string of the molecule is CCCN(CCC)C(=O)c1cc(C)cc(C(=O)N[C@@H](Cc2cc(F)cc(F)c2)[C@H](O)CN[C@@H](C)C(=O)NCC)c1. The van der Waals surface area contributed by atoms with Gasteiger partial charge in [-0.2, -0.15) is 0 Å². The molecule has 0 fully saturated rings. The summed E-state index contributed by atoms with van der Waals surface area (Å²) in [5, 5.41) is 19.4. The zero-order valence-corrected chi connectivity index (χ0v) is 24.0. The van der Waals surface area contributed by atoms with Crippen molar-refractivity contribution in [3.8, 4) is 0 Å². The molecule has 3 amide bonds. The second-order valence-electron chi connectivity index (χ2n) is 10.0. The van der Waals surface area contributed by atoms with Gasteiger partial charge in [0, 0.05) is 43.4 Å². The first kappa shape index (κ1) is 32.8. The van der Waals surface area contributed by atoms with Gasteiger partial charge in [-0.1, -0.05) is 13.8 Å². The van der Waals surface area contributed by atoms with E-state index in [4.69, 9.17) is 0 Å². The van der Waals surface area contributed by atoms with Crippen LogP contribution < -0.4 is 16.0 Å². The van der Waals surface area contributed by atoms with Gasteiger partial charge in [-0.05, 0) is 81.5 Å². The normalized spacial score (nSPS) is 13.3. The van der Waals surface area contributed by atoms with Gasteiger partial charge in [0.15, 0.2) is 0 Å². The quantitative estimate of drug-likeness (QED) is 0.267. The van der Waals surface area contributed by atoms with Crippen molar-refractivity contribution < 1.29 is 28.3 Å². The summed E-state index contributed by atoms with van der Waals surface area (Å²) in [6, 6.07) is 6.33. The Balaban J connectivity index is 2.30. The molecule has 220 valence electrons. The Kier molecular flexibility index (Phi) is 13.2. The highest BCUT2D eigenvalue weighted by atomic mass is 19.1. The average Bonchev–Trinajstić information content (AvgIpc) is 2.89. The van der Waals surface area contributed by atoms with Crippen LogP contribution in [0.25, 0.3) is 0 Å². The number of aliphatic hydroxyl groups is 1. The van der Waals surface area contributed by atoms with Crippen LogP contribution in [0.4, 0.5) is 8.78 Å². The van der Waals surface area contributed by atoms with E-state index in [-0.39, 0.29) is 35.9 Å². The minimum atomic E-state index is -1.21. The van der Waals surface area contributed by atoms with Gasteiger partial charge in [-0.3, -0.25) is 14.4 Å². The largest absolute Gasteiger partial charge is 0.390 e. The Morgan fingerprint density at radius 3 is 2.10 bits per heavy atom. The van der Waals surface area contributed by atoms with Gasteiger partial charge in [0.05, 0.1) is 18.2 Å². The lowest BCUT2D eigenvalue weighted by Crippen LogP contribution is -2.52. The topological polar surface area (TPSA) is 111 Å². The highest BCUT2D eigenvalue weighted by molar-refractivity contribution is 6.00. The molecule has 0 aliphatic heterocycles. The van der Waals surface area contributed by atoms with Gasteiger partial charge in [0.1, 0.15) is 11.6 Å². The first-order chi connectivity index (χ1) is 19.0. The van der Waals surface area contributed by atoms with E-state index >= 15 is 0 Å². The lowest BCUT2D eigenvalue weighted by molar-refractivity contribution is -0.122. The summed E-state index contributed by atoms with van der Waals surface area (Å²) in [5.41, 5.74) is 1.57. The smallest absolute Gasteiger partial charge is 0.253 e. The Labute approximate surface area is 235 Å². The van der Waals surface area contributed by atoms with Crippen molar-refractivity contribution in [3.63, 3.8) is 0 Å². The maximum Gasteiger partial charge on any atom is 0.253 e. The first-order valence-electron chi connectivity index (χ1n) is 13.8. The van der Waals surface area contributed by atoms with Crippen LogP contribution in [0.15, 0.2) is 36.4 Å². The third-order valence-corrected chi connectivity index (χ3v) is 6.40. The predicted molar refractivity (Wildman–Crippen MR) is 151 cm³/mol. The van der Waals surface area contributed by atoms with Crippen molar-refractivity contribution in [2.24, 2.45) is 0 Å². The number of aryl methyl sites for hydroxylation is 1. The lowest BCUT2D eigenvalue weighted by atomic mass is 9.99. The van der Waals surface area contributed by atoms with Gasteiger partial charge in [0.25, 0.3) is 11.8 Å². The van der Waals surface area contributed by atoms with Crippen LogP contribution in [0.5, 0.6) is 0 Å². The summed E-state index contributed by atoms with van der Waals surface area (Å²) in [5.74, 6) is -2.52. The summed E-state index contributed by atoms with van der Waals surface area (Å²) in [4.78, 5) is 40.4. The maximum atomic E-state index is 13.9. The van der Waals surface area contributed by atoms with E-state index in [2.05, 4.69) is 16.0 Å². The molecule has 2 aromatic rings. The fourth-order valence-electron chi connectivity index (χ4n) is 4.45. The fraction of sp³-hybridized carbons (Fsp3) is 0.500. The number of rotatable bonds is 15. The van der Waals surface area contributed by atoms with E-state index in [1.165, 1.54) is 6.07 Å². The van der Waals surface area contributed by atoms with Gasteiger partial charge in [-0.15, -0.1) is 0 Å². The molecule has 0 saturated heterocycles. The second-order valence-corrected chi connectivity index (χ2v) is 10.0. The van der Waals surface area contributed by atoms with Crippen molar-refractivity contribution >= 4 is 17.7 Å². The van der Waals surface area contributed by atoms with Crippen LogP contribution in [-0.4, -0.2) is 72.1 Å². The molecule has 2 aromatic carbocycles. The number of carbonyl (C=O) groups excluding carboxylic acids is 3. The molecule has 0 unspecified atom stereocenters. The molecule has 0 saturated carbocycles. The second kappa shape index (κ2) is 16.0. The van der Waals surface area contributed by atoms with Crippen LogP contribution >= 0.6 is 0 Å². The Morgan fingerprint density at radius 2 is 1.52 bits per heavy atom. The number of halogens is 2. The average molecular weight is 561 g/mol. The number of likely N-dealkylation sites (N-methyl/N-ethyl adjacent to an activating group) is 1. The third kappa shape index (κ3) is 9.98. The molecule has 0 heterocycles. The summed E-state index contributed by atoms with van der Waals surface area (Å²) < 4.78 is 27.8. The van der Waals surface area contributed by atoms with Crippen LogP contribution in [0, 0.1) is 18.6 Å². The van der Waals surface area contributed by atoms with Gasteiger partial charge in [-0.25, -0.2) is 8.78 Å². The maximum absolute atomic E-state index is 13.9. The number of hydrogen-bond donors (Lipinski definition) is 4. The monoisotopic (exact) mass is 560 g/mol. The molecule has 0 bridgehead atoms. The van der Waals surface area contributed by atoms with Crippen LogP contribution in [-0.2, 0) is 11.2 Å². The van der Waals surface area contributed by atoms with Crippen molar-refractivity contribution in [1.29, 1.82) is 0 Å². The van der Waals surface area contributed by atoms with Crippen molar-refractivity contribution in [3.05, 3.63) is 70.3 Å². The highest BCUT2D eigenvalue weighted by Crippen LogP contribution is 2.16. The van der Waals surface area contributed by atoms with E-state index in [9.17, 15) is 28.3 Å². The Hall–Kier alpha value is -3.37. The highest BCUT2D eigenvalue weighted by Gasteiger charge is 2.25. The molecule has 4 N–H and O–H groups in total. The zero-order valence-electron chi connectivity index (χ0n) is 24.0. The molecule has 0 spiro atoms. The molecular weight excluding hydrogens is 518 g/mol. The predicted octanol–water partition coefficient (Wildman–Crippen LogP) is 3.35. The number of nitrogens with zero attached hydrogens (tertiary/aromatic N) is 1. The van der Waals surface area contributed by atoms with Crippen molar-refractivity contribution in [1.82, 2.24) is 20.9 Å². The van der Waals surface area contributed by atoms with Crippen LogP contribution in [0.2, 0.25) is 0 Å². The standard InChI is InChI=1S/C30H42F2N4O4/c1-6-9-36(10-7-2)30(40)23-12-19(4)11-22(16-23)29(39)35-26(15-21-13-24(31)17-25(32)14-21)27(37)18-34-20(5)28(38)33-8-3/h11-14,16-17,20,26-27,34,37H,6-10,15,18H2,1-5H3,(H,33,38)(H,35,39)/t20-,26-,27+/m0/s1. The third-order valence-electron chi connectivity index (χ3n) is 6.40. The number of benzene rings is 2. The summed E-state index contributed by atoms with van der Waals surface area (Å²) in [7, 11) is 0. The molecule has 3 atom stereocenters. The first-order valence-corrected chi connectivity index (χ1v) is 13.8. The van der Waals surface area contributed by atoms with Gasteiger partial charge < -0.3 is 26.0 Å². The molecular formula is C30H42F2N4O4. The molecule has 8 nitrogen and oxygen atoms in total. The Bertz CT molecular complexity index is 1130. The number of amides is 3. The lowest BCUT2D eigenvalue weighted by Gasteiger charge is -2.26.